The average Bonchev–Trinajstić information content (AvgIpc) is 2.13. The number of aromatic nitrogens is 2. The maximum atomic E-state index is 10.7. The van der Waals surface area contributed by atoms with Crippen molar-refractivity contribution < 1.29 is 4.79 Å². The van der Waals surface area contributed by atoms with E-state index in [4.69, 9.17) is 0 Å². The Labute approximate surface area is 65.5 Å². The zero-order valence-electron chi connectivity index (χ0n) is 5.87. The number of rotatable bonds is 1. The van der Waals surface area contributed by atoms with Crippen molar-refractivity contribution in [3.63, 3.8) is 0 Å². The zero-order chi connectivity index (χ0) is 6.85. The number of carbonyl (C=O) groups excluding carboxylic acids is 1. The minimum absolute atomic E-state index is 0. The molecule has 0 unspecified atom stereocenters. The van der Waals surface area contributed by atoms with Crippen LogP contribution in [0.2, 0.25) is 0 Å². The van der Waals surface area contributed by atoms with Crippen molar-refractivity contribution in [3.05, 3.63) is 18.2 Å². The zero-order valence-corrected chi connectivity index (χ0v) is 6.68. The Hall–Kier alpha value is -0.830. The SMILES string of the molecule is CC(=O)c1cncn1C.Cl. The number of halogens is 1. The van der Waals surface area contributed by atoms with Gasteiger partial charge in [-0.2, -0.15) is 0 Å². The molecule has 0 amide bonds. The molecule has 0 aliphatic heterocycles. The van der Waals surface area contributed by atoms with Gasteiger partial charge < -0.3 is 4.57 Å². The molecule has 10 heavy (non-hydrogen) atoms. The first kappa shape index (κ1) is 9.17. The number of Topliss-reactive ketones (excluding diaryl/α,β-unsaturated/α-hetero) is 1. The Bertz CT molecular complexity index is 231. The van der Waals surface area contributed by atoms with E-state index in [0.717, 1.165) is 0 Å². The second-order valence-electron chi connectivity index (χ2n) is 1.95. The topological polar surface area (TPSA) is 34.9 Å². The smallest absolute Gasteiger partial charge is 0.177 e. The van der Waals surface area contributed by atoms with Crippen LogP contribution in [0.15, 0.2) is 12.5 Å². The molecule has 1 aromatic rings. The minimum atomic E-state index is 0. The molecule has 0 N–H and O–H groups in total. The molecule has 0 saturated heterocycles. The van der Waals surface area contributed by atoms with Crippen LogP contribution >= 0.6 is 12.4 Å². The fourth-order valence-corrected chi connectivity index (χ4v) is 0.696. The van der Waals surface area contributed by atoms with Gasteiger partial charge in [0.15, 0.2) is 5.78 Å². The van der Waals surface area contributed by atoms with Crippen molar-refractivity contribution in [2.75, 3.05) is 0 Å². The molecule has 0 spiro atoms. The first-order chi connectivity index (χ1) is 4.22. The summed E-state index contributed by atoms with van der Waals surface area (Å²) in [5, 5.41) is 0. The Morgan fingerprint density at radius 2 is 2.30 bits per heavy atom. The van der Waals surface area contributed by atoms with Gasteiger partial charge in [-0.25, -0.2) is 4.98 Å². The molecule has 0 aromatic carbocycles. The van der Waals surface area contributed by atoms with Crippen LogP contribution in [0.5, 0.6) is 0 Å². The summed E-state index contributed by atoms with van der Waals surface area (Å²) in [4.78, 5) is 14.5. The molecule has 4 heteroatoms. The summed E-state index contributed by atoms with van der Waals surface area (Å²) >= 11 is 0. The van der Waals surface area contributed by atoms with Crippen LogP contribution in [0, 0.1) is 0 Å². The molecule has 1 rings (SSSR count). The molecule has 1 heterocycles. The highest BCUT2D eigenvalue weighted by Gasteiger charge is 2.00. The Morgan fingerprint density at radius 1 is 1.70 bits per heavy atom. The number of aryl methyl sites for hydroxylation is 1. The summed E-state index contributed by atoms with van der Waals surface area (Å²) in [7, 11) is 1.80. The number of nitrogens with zero attached hydrogens (tertiary/aromatic N) is 2. The van der Waals surface area contributed by atoms with Gasteiger partial charge >= 0.3 is 0 Å². The van der Waals surface area contributed by atoms with E-state index in [1.165, 1.54) is 6.92 Å². The predicted octanol–water partition coefficient (Wildman–Crippen LogP) is 1.04. The van der Waals surface area contributed by atoms with Crippen molar-refractivity contribution in [1.82, 2.24) is 9.55 Å². The van der Waals surface area contributed by atoms with E-state index in [1.54, 1.807) is 24.1 Å². The van der Waals surface area contributed by atoms with Crippen LogP contribution in [-0.4, -0.2) is 15.3 Å². The van der Waals surface area contributed by atoms with E-state index in [-0.39, 0.29) is 18.2 Å². The molecule has 0 atom stereocenters. The van der Waals surface area contributed by atoms with Crippen LogP contribution in [0.4, 0.5) is 0 Å². The average molecular weight is 161 g/mol. The van der Waals surface area contributed by atoms with Gasteiger partial charge in [-0.1, -0.05) is 0 Å². The first-order valence-electron chi connectivity index (χ1n) is 2.69. The van der Waals surface area contributed by atoms with E-state index in [0.29, 0.717) is 5.69 Å². The predicted molar refractivity (Wildman–Crippen MR) is 40.5 cm³/mol. The van der Waals surface area contributed by atoms with Gasteiger partial charge in [0.2, 0.25) is 0 Å². The van der Waals surface area contributed by atoms with Crippen molar-refractivity contribution in [1.29, 1.82) is 0 Å². The Morgan fingerprint density at radius 3 is 2.50 bits per heavy atom. The highest BCUT2D eigenvalue weighted by atomic mass is 35.5. The highest BCUT2D eigenvalue weighted by molar-refractivity contribution is 5.92. The van der Waals surface area contributed by atoms with Crippen LogP contribution in [0.25, 0.3) is 0 Å². The maximum Gasteiger partial charge on any atom is 0.177 e. The molecule has 0 radical (unpaired) electrons. The number of carbonyl (C=O) groups is 1. The number of hydrogen-bond donors (Lipinski definition) is 0. The standard InChI is InChI=1S/C6H8N2O.ClH/c1-5(9)6-3-7-4-8(6)2;/h3-4H,1-2H3;1H. The third-order valence-corrected chi connectivity index (χ3v) is 1.18. The summed E-state index contributed by atoms with van der Waals surface area (Å²) in [6.07, 6.45) is 3.17. The Balaban J connectivity index is 0.000000810. The van der Waals surface area contributed by atoms with Gasteiger partial charge in [0, 0.05) is 14.0 Å². The molecule has 0 fully saturated rings. The van der Waals surface area contributed by atoms with Crippen LogP contribution < -0.4 is 0 Å². The van der Waals surface area contributed by atoms with Crippen LogP contribution in [0.1, 0.15) is 17.4 Å². The van der Waals surface area contributed by atoms with Gasteiger partial charge in [-0.05, 0) is 0 Å². The van der Waals surface area contributed by atoms with Crippen LogP contribution in [0.3, 0.4) is 0 Å². The van der Waals surface area contributed by atoms with Gasteiger partial charge in [0.25, 0.3) is 0 Å². The maximum absolute atomic E-state index is 10.7. The number of hydrogen-bond acceptors (Lipinski definition) is 2. The second-order valence-corrected chi connectivity index (χ2v) is 1.95. The van der Waals surface area contributed by atoms with E-state index in [2.05, 4.69) is 4.98 Å². The van der Waals surface area contributed by atoms with Crippen molar-refractivity contribution in [2.45, 2.75) is 6.92 Å². The number of imidazole rings is 1. The fourth-order valence-electron chi connectivity index (χ4n) is 0.696. The first-order valence-corrected chi connectivity index (χ1v) is 2.69. The van der Waals surface area contributed by atoms with Gasteiger partial charge in [-0.15, -0.1) is 12.4 Å². The summed E-state index contributed by atoms with van der Waals surface area (Å²) in [6.45, 7) is 1.52. The molecule has 1 aromatic heterocycles. The Kier molecular flexibility index (Phi) is 3.09. The van der Waals surface area contributed by atoms with Gasteiger partial charge in [-0.3, -0.25) is 4.79 Å². The van der Waals surface area contributed by atoms with E-state index < -0.39 is 0 Å². The van der Waals surface area contributed by atoms with Crippen LogP contribution in [-0.2, 0) is 7.05 Å². The van der Waals surface area contributed by atoms with E-state index >= 15 is 0 Å². The normalized spacial score (nSPS) is 8.60. The molecular weight excluding hydrogens is 152 g/mol. The highest BCUT2D eigenvalue weighted by Crippen LogP contribution is 1.95. The van der Waals surface area contributed by atoms with E-state index in [9.17, 15) is 4.79 Å². The lowest BCUT2D eigenvalue weighted by atomic mass is 10.3. The summed E-state index contributed by atoms with van der Waals surface area (Å²) in [5.74, 6) is 0.0509. The molecule has 0 bridgehead atoms. The molecule has 0 aliphatic rings. The lowest BCUT2D eigenvalue weighted by Crippen LogP contribution is -1.99. The summed E-state index contributed by atoms with van der Waals surface area (Å²) in [6, 6.07) is 0. The van der Waals surface area contributed by atoms with Crippen molar-refractivity contribution >= 4 is 18.2 Å². The quantitative estimate of drug-likeness (QED) is 0.576. The molecule has 56 valence electrons. The monoisotopic (exact) mass is 160 g/mol. The molecule has 3 nitrogen and oxygen atoms in total. The molecule has 0 aliphatic carbocycles. The fraction of sp³-hybridized carbons (Fsp3) is 0.333. The van der Waals surface area contributed by atoms with Gasteiger partial charge in [0.05, 0.1) is 12.5 Å². The second kappa shape index (κ2) is 3.37. The third kappa shape index (κ3) is 1.57. The summed E-state index contributed by atoms with van der Waals surface area (Å²) in [5.41, 5.74) is 0.648. The van der Waals surface area contributed by atoms with Crippen molar-refractivity contribution in [2.24, 2.45) is 7.05 Å². The molecular formula is C6H9ClN2O. The lowest BCUT2D eigenvalue weighted by Gasteiger charge is -1.92. The number of ketones is 1. The molecule has 0 saturated carbocycles. The van der Waals surface area contributed by atoms with E-state index in [1.807, 2.05) is 0 Å². The van der Waals surface area contributed by atoms with Gasteiger partial charge in [0.1, 0.15) is 5.69 Å². The van der Waals surface area contributed by atoms with Crippen molar-refractivity contribution in [3.8, 4) is 0 Å². The largest absolute Gasteiger partial charge is 0.331 e. The minimum Gasteiger partial charge on any atom is -0.331 e. The lowest BCUT2D eigenvalue weighted by molar-refractivity contribution is 0.101. The summed E-state index contributed by atoms with van der Waals surface area (Å²) < 4.78 is 1.70. The third-order valence-electron chi connectivity index (χ3n) is 1.18.